The quantitative estimate of drug-likeness (QED) is 0.0201. The van der Waals surface area contributed by atoms with E-state index in [9.17, 15) is 14.4 Å². The van der Waals surface area contributed by atoms with Crippen molar-refractivity contribution >= 4 is 17.9 Å². The molecule has 0 aromatic heterocycles. The molecule has 6 heteroatoms. The topological polar surface area (TPSA) is 78.9 Å². The highest BCUT2D eigenvalue weighted by Gasteiger charge is 2.19. The first-order chi connectivity index (χ1) is 28.5. The molecule has 1 unspecified atom stereocenters. The average molecular weight is 809 g/mol. The van der Waals surface area contributed by atoms with Gasteiger partial charge in [0.05, 0.1) is 0 Å². The SMILES string of the molecule is CC/C=C\C/C=C\CCCCCCCC(=O)OCC(COC(=O)CCCCCCCC/C=C\C=C/CCCCC)OC(=O)CC/C=C\C/C=C\CCCCCCCC. The van der Waals surface area contributed by atoms with E-state index in [1.54, 1.807) is 0 Å². The predicted molar refractivity (Wildman–Crippen MR) is 247 cm³/mol. The van der Waals surface area contributed by atoms with Gasteiger partial charge in [-0.2, -0.15) is 0 Å². The van der Waals surface area contributed by atoms with Crippen LogP contribution in [-0.2, 0) is 28.6 Å². The fourth-order valence-electron chi connectivity index (χ4n) is 6.35. The Balaban J connectivity index is 4.49. The van der Waals surface area contributed by atoms with E-state index < -0.39 is 6.10 Å². The Morgan fingerprint density at radius 1 is 0.379 bits per heavy atom. The predicted octanol–water partition coefficient (Wildman–Crippen LogP) is 15.5. The molecule has 0 aromatic rings. The van der Waals surface area contributed by atoms with Gasteiger partial charge in [0.15, 0.2) is 6.10 Å². The van der Waals surface area contributed by atoms with Gasteiger partial charge in [0, 0.05) is 19.3 Å². The molecule has 1 atom stereocenters. The maximum Gasteiger partial charge on any atom is 0.306 e. The van der Waals surface area contributed by atoms with Crippen molar-refractivity contribution in [3.63, 3.8) is 0 Å². The van der Waals surface area contributed by atoms with Crippen LogP contribution in [0.25, 0.3) is 0 Å². The molecule has 0 aliphatic heterocycles. The third kappa shape index (κ3) is 44.0. The number of ether oxygens (including phenoxy) is 3. The van der Waals surface area contributed by atoms with Crippen molar-refractivity contribution in [2.75, 3.05) is 13.2 Å². The van der Waals surface area contributed by atoms with Gasteiger partial charge in [0.2, 0.25) is 0 Å². The van der Waals surface area contributed by atoms with Gasteiger partial charge >= 0.3 is 17.9 Å². The smallest absolute Gasteiger partial charge is 0.306 e. The summed E-state index contributed by atoms with van der Waals surface area (Å²) in [6, 6.07) is 0. The lowest BCUT2D eigenvalue weighted by molar-refractivity contribution is -0.166. The molecule has 0 bridgehead atoms. The minimum absolute atomic E-state index is 0.109. The fourth-order valence-corrected chi connectivity index (χ4v) is 6.35. The van der Waals surface area contributed by atoms with Crippen LogP contribution in [-0.4, -0.2) is 37.2 Å². The molecule has 0 aromatic carbocycles. The highest BCUT2D eigenvalue weighted by molar-refractivity contribution is 5.71. The zero-order chi connectivity index (χ0) is 42.3. The summed E-state index contributed by atoms with van der Waals surface area (Å²) in [5.41, 5.74) is 0. The molecule has 0 saturated heterocycles. The van der Waals surface area contributed by atoms with Crippen LogP contribution in [0.2, 0.25) is 0 Å². The van der Waals surface area contributed by atoms with Crippen molar-refractivity contribution in [3.8, 4) is 0 Å². The molecule has 0 N–H and O–H groups in total. The van der Waals surface area contributed by atoms with E-state index in [1.165, 1.54) is 83.5 Å². The van der Waals surface area contributed by atoms with Gasteiger partial charge in [-0.25, -0.2) is 0 Å². The lowest BCUT2D eigenvalue weighted by atomic mass is 10.1. The van der Waals surface area contributed by atoms with Gasteiger partial charge < -0.3 is 14.2 Å². The Morgan fingerprint density at radius 3 is 1.24 bits per heavy atom. The molecule has 0 fully saturated rings. The average Bonchev–Trinajstić information content (AvgIpc) is 3.22. The second-order valence-corrected chi connectivity index (χ2v) is 15.7. The van der Waals surface area contributed by atoms with Gasteiger partial charge in [0.25, 0.3) is 0 Å². The molecule has 58 heavy (non-hydrogen) atoms. The first-order valence-corrected chi connectivity index (χ1v) is 24.0. The van der Waals surface area contributed by atoms with Gasteiger partial charge in [-0.05, 0) is 89.9 Å². The van der Waals surface area contributed by atoms with E-state index in [4.69, 9.17) is 14.2 Å². The molecule has 0 radical (unpaired) electrons. The van der Waals surface area contributed by atoms with Gasteiger partial charge in [0.1, 0.15) is 13.2 Å². The number of esters is 3. The van der Waals surface area contributed by atoms with Crippen molar-refractivity contribution in [1.82, 2.24) is 0 Å². The molecular formula is C52H88O6. The van der Waals surface area contributed by atoms with Crippen molar-refractivity contribution < 1.29 is 28.6 Å². The first kappa shape index (κ1) is 54.9. The molecule has 0 rings (SSSR count). The van der Waals surface area contributed by atoms with Gasteiger partial charge in [-0.3, -0.25) is 14.4 Å². The Labute approximate surface area is 357 Å². The van der Waals surface area contributed by atoms with Crippen LogP contribution < -0.4 is 0 Å². The van der Waals surface area contributed by atoms with E-state index in [0.717, 1.165) is 89.9 Å². The van der Waals surface area contributed by atoms with E-state index in [1.807, 2.05) is 6.08 Å². The summed E-state index contributed by atoms with van der Waals surface area (Å²) >= 11 is 0. The summed E-state index contributed by atoms with van der Waals surface area (Å²) in [5.74, 6) is -1.01. The molecule has 0 heterocycles. The monoisotopic (exact) mass is 809 g/mol. The number of allylic oxidation sites excluding steroid dienone is 12. The van der Waals surface area contributed by atoms with E-state index in [-0.39, 0.29) is 37.5 Å². The van der Waals surface area contributed by atoms with Crippen LogP contribution in [0.1, 0.15) is 220 Å². The summed E-state index contributed by atoms with van der Waals surface area (Å²) < 4.78 is 16.7. The number of carbonyl (C=O) groups is 3. The summed E-state index contributed by atoms with van der Waals surface area (Å²) in [7, 11) is 0. The van der Waals surface area contributed by atoms with Crippen LogP contribution in [0.5, 0.6) is 0 Å². The molecule has 6 nitrogen and oxygen atoms in total. The minimum atomic E-state index is -0.814. The van der Waals surface area contributed by atoms with Crippen LogP contribution in [0, 0.1) is 0 Å². The Hall–Kier alpha value is -3.15. The normalized spacial score (nSPS) is 12.7. The molecule has 0 aliphatic carbocycles. The zero-order valence-corrected chi connectivity index (χ0v) is 37.8. The molecule has 0 spiro atoms. The second kappa shape index (κ2) is 46.5. The van der Waals surface area contributed by atoms with Gasteiger partial charge in [-0.1, -0.05) is 184 Å². The molecule has 0 saturated carbocycles. The molecule has 0 amide bonds. The Kier molecular flexibility index (Phi) is 44.0. The number of hydrogen-bond donors (Lipinski definition) is 0. The number of carbonyl (C=O) groups excluding carboxylic acids is 3. The maximum atomic E-state index is 12.7. The summed E-state index contributed by atoms with van der Waals surface area (Å²) in [4.78, 5) is 37.8. The van der Waals surface area contributed by atoms with E-state index >= 15 is 0 Å². The standard InChI is InChI=1S/C52H88O6/c1-4-7-10-13-16-19-22-25-26-28-30-33-36-39-42-45-51(54)57-48-49(47-56-50(53)44-41-38-35-32-29-24-21-18-15-12-9-6-3)58-52(55)46-43-40-37-34-31-27-23-20-17-14-11-8-5-2/h9,12,16,18-19,21-22,25,27,31,37,40,49H,4-8,10-11,13-15,17,20,23-24,26,28-30,32-36,38-39,41-48H2,1-3H3/b12-9-,19-16-,21-18-,25-22-,31-27-,40-37-. The third-order valence-corrected chi connectivity index (χ3v) is 9.96. The van der Waals surface area contributed by atoms with Crippen molar-refractivity contribution in [1.29, 1.82) is 0 Å². The van der Waals surface area contributed by atoms with E-state index in [0.29, 0.717) is 19.3 Å². The first-order valence-electron chi connectivity index (χ1n) is 24.0. The number of rotatable bonds is 42. The second-order valence-electron chi connectivity index (χ2n) is 15.7. The largest absolute Gasteiger partial charge is 0.462 e. The lowest BCUT2D eigenvalue weighted by Gasteiger charge is -2.18. The summed E-state index contributed by atoms with van der Waals surface area (Å²) in [5, 5.41) is 0. The number of unbranched alkanes of at least 4 members (excludes halogenated alkanes) is 20. The van der Waals surface area contributed by atoms with Crippen LogP contribution in [0.15, 0.2) is 72.9 Å². The van der Waals surface area contributed by atoms with Crippen molar-refractivity contribution in [2.45, 2.75) is 226 Å². The van der Waals surface area contributed by atoms with Crippen molar-refractivity contribution in [3.05, 3.63) is 72.9 Å². The Bertz CT molecular complexity index is 1110. The van der Waals surface area contributed by atoms with E-state index in [2.05, 4.69) is 87.6 Å². The maximum absolute atomic E-state index is 12.7. The third-order valence-electron chi connectivity index (χ3n) is 9.96. The van der Waals surface area contributed by atoms with Gasteiger partial charge in [-0.15, -0.1) is 0 Å². The van der Waals surface area contributed by atoms with Crippen LogP contribution >= 0.6 is 0 Å². The van der Waals surface area contributed by atoms with Crippen LogP contribution in [0.3, 0.4) is 0 Å². The molecule has 0 aliphatic rings. The van der Waals surface area contributed by atoms with Crippen LogP contribution in [0.4, 0.5) is 0 Å². The molecular weight excluding hydrogens is 721 g/mol. The van der Waals surface area contributed by atoms with Crippen molar-refractivity contribution in [2.24, 2.45) is 0 Å². The summed E-state index contributed by atoms with van der Waals surface area (Å²) in [6.45, 7) is 6.40. The fraction of sp³-hybridized carbons (Fsp3) is 0.712. The molecule has 332 valence electrons. The minimum Gasteiger partial charge on any atom is -0.462 e. The summed E-state index contributed by atoms with van der Waals surface area (Å²) in [6.07, 6.45) is 57.5. The zero-order valence-electron chi connectivity index (χ0n) is 37.8. The highest BCUT2D eigenvalue weighted by Crippen LogP contribution is 2.12. The lowest BCUT2D eigenvalue weighted by Crippen LogP contribution is -2.30. The highest BCUT2D eigenvalue weighted by atomic mass is 16.6. The number of hydrogen-bond acceptors (Lipinski definition) is 6. The Morgan fingerprint density at radius 2 is 0.759 bits per heavy atom.